The highest BCUT2D eigenvalue weighted by Crippen LogP contribution is 2.27. The maximum absolute atomic E-state index is 12.5. The molecule has 0 fully saturated rings. The standard InChI is InChI=1S/C23H23N5O2S/c1-3-13-28-18-12-8-7-11-17(18)21-22(28)25-23(27-26-21)31-14-19(30)24-20(15(2)29)16-9-5-4-6-10-16/h4-12,20H,3,13-14H2,1-2H3,(H,24,30)/t20-/m1/s1. The third-order valence-electron chi connectivity index (χ3n) is 4.98. The summed E-state index contributed by atoms with van der Waals surface area (Å²) in [6.45, 7) is 4.41. The minimum Gasteiger partial charge on any atom is -0.341 e. The average Bonchev–Trinajstić information content (AvgIpc) is 3.10. The Bertz CT molecular complexity index is 1240. The number of carbonyl (C=O) groups excluding carboxylic acids is 2. The summed E-state index contributed by atoms with van der Waals surface area (Å²) in [4.78, 5) is 29.2. The number of carbonyl (C=O) groups is 2. The van der Waals surface area contributed by atoms with Crippen molar-refractivity contribution in [2.24, 2.45) is 0 Å². The van der Waals surface area contributed by atoms with Crippen LogP contribution in [0.5, 0.6) is 0 Å². The first-order valence-corrected chi connectivity index (χ1v) is 11.2. The van der Waals surface area contributed by atoms with Crippen molar-refractivity contribution in [3.63, 3.8) is 0 Å². The topological polar surface area (TPSA) is 89.8 Å². The zero-order chi connectivity index (χ0) is 21.8. The summed E-state index contributed by atoms with van der Waals surface area (Å²) in [5, 5.41) is 12.9. The first-order chi connectivity index (χ1) is 15.1. The Hall–Kier alpha value is -3.26. The minimum atomic E-state index is -0.664. The second-order valence-corrected chi connectivity index (χ2v) is 8.19. The van der Waals surface area contributed by atoms with E-state index in [9.17, 15) is 9.59 Å². The van der Waals surface area contributed by atoms with E-state index in [-0.39, 0.29) is 17.4 Å². The van der Waals surface area contributed by atoms with E-state index in [1.165, 1.54) is 18.7 Å². The number of ketones is 1. The molecule has 2 aromatic heterocycles. The van der Waals surface area contributed by atoms with Crippen LogP contribution in [0.2, 0.25) is 0 Å². The Labute approximate surface area is 184 Å². The van der Waals surface area contributed by atoms with Crippen molar-refractivity contribution in [3.8, 4) is 0 Å². The first kappa shape index (κ1) is 21.0. The Balaban J connectivity index is 1.52. The number of hydrogen-bond acceptors (Lipinski definition) is 6. The van der Waals surface area contributed by atoms with Gasteiger partial charge in [-0.3, -0.25) is 9.59 Å². The Kier molecular flexibility index (Phi) is 6.27. The van der Waals surface area contributed by atoms with Crippen LogP contribution in [0.25, 0.3) is 22.1 Å². The molecule has 158 valence electrons. The number of fused-ring (bicyclic) bond motifs is 3. The van der Waals surface area contributed by atoms with Crippen molar-refractivity contribution in [3.05, 3.63) is 60.2 Å². The van der Waals surface area contributed by atoms with Gasteiger partial charge in [-0.2, -0.15) is 0 Å². The molecule has 0 radical (unpaired) electrons. The van der Waals surface area contributed by atoms with E-state index in [1.54, 1.807) is 0 Å². The second-order valence-electron chi connectivity index (χ2n) is 7.25. The van der Waals surface area contributed by atoms with Gasteiger partial charge < -0.3 is 9.88 Å². The predicted octanol–water partition coefficient (Wildman–Crippen LogP) is 3.93. The molecule has 4 rings (SSSR count). The maximum atomic E-state index is 12.5. The highest BCUT2D eigenvalue weighted by Gasteiger charge is 2.20. The Morgan fingerprint density at radius 1 is 1.06 bits per heavy atom. The molecule has 8 heteroatoms. The Morgan fingerprint density at radius 3 is 2.55 bits per heavy atom. The fraction of sp³-hybridized carbons (Fsp3) is 0.261. The van der Waals surface area contributed by atoms with Crippen LogP contribution in [0.15, 0.2) is 59.8 Å². The van der Waals surface area contributed by atoms with Crippen molar-refractivity contribution >= 4 is 45.5 Å². The molecule has 31 heavy (non-hydrogen) atoms. The monoisotopic (exact) mass is 433 g/mol. The van der Waals surface area contributed by atoms with Gasteiger partial charge in [0.05, 0.1) is 11.3 Å². The van der Waals surface area contributed by atoms with Gasteiger partial charge in [-0.1, -0.05) is 67.2 Å². The third kappa shape index (κ3) is 4.44. The number of amides is 1. The lowest BCUT2D eigenvalue weighted by Gasteiger charge is -2.16. The van der Waals surface area contributed by atoms with Gasteiger partial charge >= 0.3 is 0 Å². The summed E-state index contributed by atoms with van der Waals surface area (Å²) in [7, 11) is 0. The van der Waals surface area contributed by atoms with Gasteiger partial charge in [-0.05, 0) is 25.0 Å². The molecule has 0 saturated heterocycles. The number of nitrogens with one attached hydrogen (secondary N) is 1. The summed E-state index contributed by atoms with van der Waals surface area (Å²) < 4.78 is 2.14. The van der Waals surface area contributed by atoms with Crippen molar-refractivity contribution in [2.75, 3.05) is 5.75 Å². The van der Waals surface area contributed by atoms with Gasteiger partial charge in [0.25, 0.3) is 0 Å². The van der Waals surface area contributed by atoms with Gasteiger partial charge in [-0.15, -0.1) is 10.2 Å². The average molecular weight is 434 g/mol. The molecule has 1 N–H and O–H groups in total. The molecule has 1 amide bonds. The number of aryl methyl sites for hydroxylation is 1. The lowest BCUT2D eigenvalue weighted by molar-refractivity contribution is -0.125. The van der Waals surface area contributed by atoms with E-state index >= 15 is 0 Å². The van der Waals surface area contributed by atoms with Crippen LogP contribution in [-0.2, 0) is 16.1 Å². The molecular formula is C23H23N5O2S. The van der Waals surface area contributed by atoms with Crippen molar-refractivity contribution in [1.29, 1.82) is 0 Å². The molecule has 2 aromatic carbocycles. The van der Waals surface area contributed by atoms with Crippen LogP contribution in [0.3, 0.4) is 0 Å². The maximum Gasteiger partial charge on any atom is 0.231 e. The summed E-state index contributed by atoms with van der Waals surface area (Å²) in [6, 6.07) is 16.6. The fourth-order valence-corrected chi connectivity index (χ4v) is 4.19. The van der Waals surface area contributed by atoms with Crippen LogP contribution >= 0.6 is 11.8 Å². The molecule has 4 aromatic rings. The molecule has 0 bridgehead atoms. The number of aromatic nitrogens is 4. The summed E-state index contributed by atoms with van der Waals surface area (Å²) in [5.74, 6) is -0.280. The van der Waals surface area contributed by atoms with Crippen LogP contribution in [0, 0.1) is 0 Å². The molecule has 0 aliphatic heterocycles. The number of Topliss-reactive ketones (excluding diaryl/α,β-unsaturated/α-hetero) is 1. The van der Waals surface area contributed by atoms with E-state index in [0.29, 0.717) is 5.16 Å². The second kappa shape index (κ2) is 9.26. The molecule has 0 saturated carbocycles. The zero-order valence-corrected chi connectivity index (χ0v) is 18.2. The van der Waals surface area contributed by atoms with Crippen molar-refractivity contribution < 1.29 is 9.59 Å². The largest absolute Gasteiger partial charge is 0.341 e. The number of benzene rings is 2. The van der Waals surface area contributed by atoms with E-state index in [4.69, 9.17) is 0 Å². The number of hydrogen-bond donors (Lipinski definition) is 1. The van der Waals surface area contributed by atoms with Gasteiger partial charge in [-0.25, -0.2) is 4.98 Å². The molecule has 0 unspecified atom stereocenters. The summed E-state index contributed by atoms with van der Waals surface area (Å²) >= 11 is 1.21. The van der Waals surface area contributed by atoms with Crippen LogP contribution in [-0.4, -0.2) is 37.2 Å². The highest BCUT2D eigenvalue weighted by atomic mass is 32.2. The number of thioether (sulfide) groups is 1. The minimum absolute atomic E-state index is 0.0950. The van der Waals surface area contributed by atoms with Crippen LogP contribution < -0.4 is 5.32 Å². The molecular weight excluding hydrogens is 410 g/mol. The van der Waals surface area contributed by atoms with E-state index in [2.05, 4.69) is 38.1 Å². The quantitative estimate of drug-likeness (QED) is 0.424. The Morgan fingerprint density at radius 2 is 1.81 bits per heavy atom. The molecule has 1 atom stereocenters. The molecule has 0 aliphatic carbocycles. The lowest BCUT2D eigenvalue weighted by Crippen LogP contribution is -2.33. The van der Waals surface area contributed by atoms with Gasteiger partial charge in [0.15, 0.2) is 11.4 Å². The van der Waals surface area contributed by atoms with Crippen molar-refractivity contribution in [2.45, 2.75) is 38.0 Å². The molecule has 7 nitrogen and oxygen atoms in total. The SMILES string of the molecule is CCCn1c2ccccc2c2nnc(SCC(=O)N[C@H](C(C)=O)c3ccccc3)nc21. The van der Waals surface area contributed by atoms with Gasteiger partial charge in [0.2, 0.25) is 11.1 Å². The highest BCUT2D eigenvalue weighted by molar-refractivity contribution is 7.99. The van der Waals surface area contributed by atoms with Crippen LogP contribution in [0.1, 0.15) is 31.9 Å². The molecule has 2 heterocycles. The summed E-state index contributed by atoms with van der Waals surface area (Å²) in [6.07, 6.45) is 0.967. The fourth-order valence-electron chi connectivity index (χ4n) is 3.60. The van der Waals surface area contributed by atoms with Crippen LogP contribution in [0.4, 0.5) is 0 Å². The summed E-state index contributed by atoms with van der Waals surface area (Å²) in [5.41, 5.74) is 3.37. The number of rotatable bonds is 8. The van der Waals surface area contributed by atoms with E-state index < -0.39 is 6.04 Å². The number of nitrogens with zero attached hydrogens (tertiary/aromatic N) is 4. The van der Waals surface area contributed by atoms with E-state index in [0.717, 1.165) is 40.6 Å². The number of para-hydroxylation sites is 1. The van der Waals surface area contributed by atoms with Gasteiger partial charge in [0.1, 0.15) is 11.6 Å². The van der Waals surface area contributed by atoms with Crippen molar-refractivity contribution in [1.82, 2.24) is 25.1 Å². The normalized spacial score (nSPS) is 12.2. The van der Waals surface area contributed by atoms with E-state index in [1.807, 2.05) is 48.5 Å². The zero-order valence-electron chi connectivity index (χ0n) is 17.4. The predicted molar refractivity (Wildman–Crippen MR) is 122 cm³/mol. The smallest absolute Gasteiger partial charge is 0.231 e. The molecule has 0 spiro atoms. The molecule has 0 aliphatic rings. The lowest BCUT2D eigenvalue weighted by atomic mass is 10.0. The van der Waals surface area contributed by atoms with Gasteiger partial charge in [0, 0.05) is 11.9 Å². The first-order valence-electron chi connectivity index (χ1n) is 10.2. The third-order valence-corrected chi connectivity index (χ3v) is 5.82.